The molecule has 0 spiro atoms. The minimum absolute atomic E-state index is 0.131. The summed E-state index contributed by atoms with van der Waals surface area (Å²) in [6.07, 6.45) is 0. The maximum atomic E-state index is 12.8. The molecule has 1 heterocycles. The van der Waals surface area contributed by atoms with E-state index in [4.69, 9.17) is 9.47 Å². The lowest BCUT2D eigenvalue weighted by Gasteiger charge is -2.17. The van der Waals surface area contributed by atoms with E-state index in [2.05, 4.69) is 0 Å². The summed E-state index contributed by atoms with van der Waals surface area (Å²) in [5.41, 5.74) is 2.42. The molecule has 0 aliphatic heterocycles. The molecule has 0 N–H and O–H groups in total. The second kappa shape index (κ2) is 5.56. The zero-order chi connectivity index (χ0) is 15.7. The van der Waals surface area contributed by atoms with Crippen molar-refractivity contribution in [3.8, 4) is 22.8 Å². The highest BCUT2D eigenvalue weighted by Crippen LogP contribution is 2.31. The van der Waals surface area contributed by atoms with Gasteiger partial charge in [-0.3, -0.25) is 4.79 Å². The molecule has 0 atom stereocenters. The molecule has 1 aromatic heterocycles. The number of benzene rings is 2. The topological polar surface area (TPSA) is 40.5 Å². The minimum Gasteiger partial charge on any atom is -0.497 e. The van der Waals surface area contributed by atoms with Crippen LogP contribution in [0, 0.1) is 0 Å². The summed E-state index contributed by atoms with van der Waals surface area (Å²) in [6.45, 7) is 0. The number of pyridine rings is 1. The third kappa shape index (κ3) is 2.13. The fourth-order valence-corrected chi connectivity index (χ4v) is 2.73. The Labute approximate surface area is 128 Å². The molecule has 0 radical (unpaired) electrons. The molecule has 0 saturated heterocycles. The van der Waals surface area contributed by atoms with Crippen molar-refractivity contribution in [3.63, 3.8) is 0 Å². The molecule has 112 valence electrons. The van der Waals surface area contributed by atoms with Crippen LogP contribution in [0.3, 0.4) is 0 Å². The van der Waals surface area contributed by atoms with E-state index in [0.717, 1.165) is 16.8 Å². The van der Waals surface area contributed by atoms with Gasteiger partial charge in [-0.1, -0.05) is 30.3 Å². The van der Waals surface area contributed by atoms with Crippen LogP contribution in [0.4, 0.5) is 0 Å². The van der Waals surface area contributed by atoms with Gasteiger partial charge >= 0.3 is 0 Å². The molecule has 2 aromatic carbocycles. The third-order valence-electron chi connectivity index (χ3n) is 3.82. The Hall–Kier alpha value is -2.75. The fourth-order valence-electron chi connectivity index (χ4n) is 2.73. The molecular formula is C18H17NO3. The Morgan fingerprint density at radius 3 is 2.32 bits per heavy atom. The number of ether oxygens (including phenoxy) is 2. The first-order valence-electron chi connectivity index (χ1n) is 6.97. The highest BCUT2D eigenvalue weighted by molar-refractivity contribution is 5.86. The van der Waals surface area contributed by atoms with Crippen molar-refractivity contribution < 1.29 is 9.47 Å². The first-order valence-corrected chi connectivity index (χ1v) is 6.97. The van der Waals surface area contributed by atoms with Crippen LogP contribution in [-0.2, 0) is 7.05 Å². The van der Waals surface area contributed by atoms with E-state index in [-0.39, 0.29) is 5.43 Å². The van der Waals surface area contributed by atoms with Gasteiger partial charge in [-0.25, -0.2) is 0 Å². The van der Waals surface area contributed by atoms with Crippen LogP contribution in [-0.4, -0.2) is 18.8 Å². The van der Waals surface area contributed by atoms with Gasteiger partial charge < -0.3 is 14.0 Å². The summed E-state index contributed by atoms with van der Waals surface area (Å²) >= 11 is 0. The second-order valence-corrected chi connectivity index (χ2v) is 5.02. The van der Waals surface area contributed by atoms with Crippen LogP contribution in [0.25, 0.3) is 22.2 Å². The predicted molar refractivity (Wildman–Crippen MR) is 87.7 cm³/mol. The average Bonchev–Trinajstić information content (AvgIpc) is 2.58. The minimum atomic E-state index is -0.131. The molecule has 0 aliphatic rings. The van der Waals surface area contributed by atoms with E-state index in [1.54, 1.807) is 13.2 Å². The second-order valence-electron chi connectivity index (χ2n) is 5.02. The number of aryl methyl sites for hydroxylation is 1. The van der Waals surface area contributed by atoms with Crippen molar-refractivity contribution >= 4 is 10.9 Å². The third-order valence-corrected chi connectivity index (χ3v) is 3.82. The maximum Gasteiger partial charge on any atom is 0.231 e. The summed E-state index contributed by atoms with van der Waals surface area (Å²) in [7, 11) is 5.04. The van der Waals surface area contributed by atoms with Crippen LogP contribution >= 0.6 is 0 Å². The van der Waals surface area contributed by atoms with Crippen molar-refractivity contribution in [2.24, 2.45) is 7.05 Å². The lowest BCUT2D eigenvalue weighted by Crippen LogP contribution is -2.14. The molecule has 0 bridgehead atoms. The van der Waals surface area contributed by atoms with E-state index >= 15 is 0 Å². The van der Waals surface area contributed by atoms with E-state index in [1.165, 1.54) is 7.11 Å². The first-order chi connectivity index (χ1) is 10.7. The summed E-state index contributed by atoms with van der Waals surface area (Å²) in [6, 6.07) is 15.2. The van der Waals surface area contributed by atoms with Crippen molar-refractivity contribution in [1.82, 2.24) is 4.57 Å². The Morgan fingerprint density at radius 1 is 0.955 bits per heavy atom. The molecule has 0 aliphatic carbocycles. The van der Waals surface area contributed by atoms with Crippen molar-refractivity contribution in [1.29, 1.82) is 0 Å². The largest absolute Gasteiger partial charge is 0.497 e. The smallest absolute Gasteiger partial charge is 0.231 e. The molecule has 4 nitrogen and oxygen atoms in total. The van der Waals surface area contributed by atoms with Crippen molar-refractivity contribution in [2.45, 2.75) is 0 Å². The van der Waals surface area contributed by atoms with Gasteiger partial charge in [0.25, 0.3) is 0 Å². The van der Waals surface area contributed by atoms with Crippen LogP contribution < -0.4 is 14.9 Å². The Bertz CT molecular complexity index is 882. The standard InChI is InChI=1S/C18H17NO3/c1-19-15-10-9-13(21-2)11-14(15)17(20)18(22-3)16(19)12-7-5-4-6-8-12/h4-11H,1-3H3. The van der Waals surface area contributed by atoms with Gasteiger partial charge in [-0.15, -0.1) is 0 Å². The van der Waals surface area contributed by atoms with Gasteiger partial charge in [-0.05, 0) is 18.2 Å². The van der Waals surface area contributed by atoms with Gasteiger partial charge in [0, 0.05) is 12.6 Å². The number of hydrogen-bond acceptors (Lipinski definition) is 3. The summed E-state index contributed by atoms with van der Waals surface area (Å²) in [4.78, 5) is 12.8. The number of fused-ring (bicyclic) bond motifs is 1. The van der Waals surface area contributed by atoms with Gasteiger partial charge in [0.05, 0.1) is 30.8 Å². The Morgan fingerprint density at radius 2 is 1.68 bits per heavy atom. The van der Waals surface area contributed by atoms with E-state index < -0.39 is 0 Å². The Balaban J connectivity index is 2.44. The molecular weight excluding hydrogens is 278 g/mol. The summed E-state index contributed by atoms with van der Waals surface area (Å²) in [5, 5.41) is 0.582. The molecule has 22 heavy (non-hydrogen) atoms. The number of nitrogens with zero attached hydrogens (tertiary/aromatic N) is 1. The Kier molecular flexibility index (Phi) is 3.59. The lowest BCUT2D eigenvalue weighted by atomic mass is 10.1. The number of hydrogen-bond donors (Lipinski definition) is 0. The van der Waals surface area contributed by atoms with Crippen molar-refractivity contribution in [2.75, 3.05) is 14.2 Å². The number of methoxy groups -OCH3 is 2. The van der Waals surface area contributed by atoms with Crippen LogP contribution in [0.1, 0.15) is 0 Å². The lowest BCUT2D eigenvalue weighted by molar-refractivity contribution is 0.409. The molecule has 0 fully saturated rings. The zero-order valence-corrected chi connectivity index (χ0v) is 12.8. The van der Waals surface area contributed by atoms with Crippen LogP contribution in [0.2, 0.25) is 0 Å². The molecule has 0 saturated carbocycles. The SMILES string of the molecule is COc1ccc2c(c1)c(=O)c(OC)c(-c1ccccc1)n2C. The fraction of sp³-hybridized carbons (Fsp3) is 0.167. The van der Waals surface area contributed by atoms with Crippen LogP contribution in [0.5, 0.6) is 11.5 Å². The molecule has 0 unspecified atom stereocenters. The van der Waals surface area contributed by atoms with Gasteiger partial charge in [0.2, 0.25) is 5.43 Å². The molecule has 0 amide bonds. The van der Waals surface area contributed by atoms with Gasteiger partial charge in [-0.2, -0.15) is 0 Å². The quantitative estimate of drug-likeness (QED) is 0.745. The van der Waals surface area contributed by atoms with Crippen molar-refractivity contribution in [3.05, 3.63) is 58.8 Å². The van der Waals surface area contributed by atoms with E-state index in [9.17, 15) is 4.79 Å². The first kappa shape index (κ1) is 14.2. The number of rotatable bonds is 3. The molecule has 3 rings (SSSR count). The predicted octanol–water partition coefficient (Wildman–Crippen LogP) is 3.22. The van der Waals surface area contributed by atoms with E-state index in [1.807, 2.05) is 54.1 Å². The maximum absolute atomic E-state index is 12.8. The van der Waals surface area contributed by atoms with Gasteiger partial charge in [0.1, 0.15) is 5.75 Å². The highest BCUT2D eigenvalue weighted by Gasteiger charge is 2.17. The highest BCUT2D eigenvalue weighted by atomic mass is 16.5. The zero-order valence-electron chi connectivity index (χ0n) is 12.8. The number of aromatic nitrogens is 1. The molecule has 4 heteroatoms. The molecule has 3 aromatic rings. The van der Waals surface area contributed by atoms with Gasteiger partial charge in [0.15, 0.2) is 5.75 Å². The van der Waals surface area contributed by atoms with Crippen LogP contribution in [0.15, 0.2) is 53.3 Å². The summed E-state index contributed by atoms with van der Waals surface area (Å²) < 4.78 is 12.6. The monoisotopic (exact) mass is 295 g/mol. The average molecular weight is 295 g/mol. The van der Waals surface area contributed by atoms with E-state index in [0.29, 0.717) is 16.9 Å². The normalized spacial score (nSPS) is 10.7. The summed E-state index contributed by atoms with van der Waals surface area (Å²) in [5.74, 6) is 0.994.